The molecule has 7 heteroatoms. The molecule has 33 heavy (non-hydrogen) atoms. The van der Waals surface area contributed by atoms with Gasteiger partial charge in [-0.2, -0.15) is 11.8 Å². The van der Waals surface area contributed by atoms with Gasteiger partial charge >= 0.3 is 5.97 Å². The first-order valence-corrected chi connectivity index (χ1v) is 11.8. The number of amides is 2. The van der Waals surface area contributed by atoms with Crippen molar-refractivity contribution in [2.24, 2.45) is 0 Å². The number of esters is 1. The van der Waals surface area contributed by atoms with Crippen LogP contribution in [0.15, 0.2) is 66.7 Å². The number of hydrogen-bond donors (Lipinski definition) is 2. The SMILES string of the molecule is COC(=O)c1ccc(C(=O)NCCSC)cc1NC(=O)/C=C(/C)c1ccc2ccccc2c1. The molecule has 3 aromatic carbocycles. The molecule has 0 aliphatic heterocycles. The van der Waals surface area contributed by atoms with Crippen LogP contribution in [-0.2, 0) is 9.53 Å². The summed E-state index contributed by atoms with van der Waals surface area (Å²) in [7, 11) is 1.26. The average Bonchev–Trinajstić information content (AvgIpc) is 2.83. The fourth-order valence-corrected chi connectivity index (χ4v) is 3.64. The lowest BCUT2D eigenvalue weighted by Crippen LogP contribution is -2.26. The number of carbonyl (C=O) groups is 3. The zero-order chi connectivity index (χ0) is 23.8. The highest BCUT2D eigenvalue weighted by atomic mass is 32.2. The number of hydrogen-bond acceptors (Lipinski definition) is 5. The van der Waals surface area contributed by atoms with Crippen molar-refractivity contribution >= 4 is 51.6 Å². The molecule has 0 spiro atoms. The van der Waals surface area contributed by atoms with Gasteiger partial charge in [0.25, 0.3) is 5.91 Å². The Morgan fingerprint density at radius 3 is 2.42 bits per heavy atom. The zero-order valence-corrected chi connectivity index (χ0v) is 19.6. The van der Waals surface area contributed by atoms with E-state index in [9.17, 15) is 14.4 Å². The second kappa shape index (κ2) is 11.3. The van der Waals surface area contributed by atoms with Crippen molar-refractivity contribution in [1.82, 2.24) is 5.32 Å². The molecular weight excluding hydrogens is 436 g/mol. The molecule has 2 amide bonds. The van der Waals surface area contributed by atoms with Crippen LogP contribution in [-0.4, -0.2) is 43.4 Å². The molecule has 0 unspecified atom stereocenters. The highest BCUT2D eigenvalue weighted by Gasteiger charge is 2.17. The molecule has 0 heterocycles. The van der Waals surface area contributed by atoms with Gasteiger partial charge in [0.2, 0.25) is 5.91 Å². The van der Waals surface area contributed by atoms with Gasteiger partial charge in [-0.3, -0.25) is 9.59 Å². The lowest BCUT2D eigenvalue weighted by molar-refractivity contribution is -0.111. The molecule has 6 nitrogen and oxygen atoms in total. The van der Waals surface area contributed by atoms with E-state index < -0.39 is 11.9 Å². The topological polar surface area (TPSA) is 84.5 Å². The molecular formula is C26H26N2O4S. The van der Waals surface area contributed by atoms with E-state index in [2.05, 4.69) is 10.6 Å². The van der Waals surface area contributed by atoms with Crippen molar-refractivity contribution in [1.29, 1.82) is 0 Å². The van der Waals surface area contributed by atoms with Crippen LogP contribution in [0.2, 0.25) is 0 Å². The first-order chi connectivity index (χ1) is 15.9. The molecule has 0 atom stereocenters. The van der Waals surface area contributed by atoms with Crippen LogP contribution in [0, 0.1) is 0 Å². The van der Waals surface area contributed by atoms with E-state index in [0.717, 1.165) is 27.7 Å². The Balaban J connectivity index is 1.84. The number of thioether (sulfide) groups is 1. The average molecular weight is 463 g/mol. The van der Waals surface area contributed by atoms with E-state index in [1.54, 1.807) is 11.8 Å². The van der Waals surface area contributed by atoms with Crippen molar-refractivity contribution in [2.45, 2.75) is 6.92 Å². The van der Waals surface area contributed by atoms with Gasteiger partial charge in [-0.25, -0.2) is 4.79 Å². The zero-order valence-electron chi connectivity index (χ0n) is 18.8. The van der Waals surface area contributed by atoms with Crippen LogP contribution in [0.25, 0.3) is 16.3 Å². The second-order valence-electron chi connectivity index (χ2n) is 7.38. The van der Waals surface area contributed by atoms with Gasteiger partial charge in [0.15, 0.2) is 0 Å². The van der Waals surface area contributed by atoms with Crippen LogP contribution < -0.4 is 10.6 Å². The van der Waals surface area contributed by atoms with Gasteiger partial charge in [0.05, 0.1) is 18.4 Å². The number of anilines is 1. The molecule has 0 fully saturated rings. The minimum absolute atomic E-state index is 0.170. The second-order valence-corrected chi connectivity index (χ2v) is 8.36. The summed E-state index contributed by atoms with van der Waals surface area (Å²) < 4.78 is 4.82. The number of ether oxygens (including phenoxy) is 1. The van der Waals surface area contributed by atoms with Gasteiger partial charge in [0, 0.05) is 23.9 Å². The van der Waals surface area contributed by atoms with Crippen molar-refractivity contribution < 1.29 is 19.1 Å². The predicted molar refractivity (Wildman–Crippen MR) is 135 cm³/mol. The summed E-state index contributed by atoms with van der Waals surface area (Å²) in [6.45, 7) is 2.37. The third kappa shape index (κ3) is 6.23. The van der Waals surface area contributed by atoms with Crippen molar-refractivity contribution in [3.8, 4) is 0 Å². The molecule has 3 aromatic rings. The van der Waals surface area contributed by atoms with Crippen LogP contribution in [0.5, 0.6) is 0 Å². The molecule has 3 rings (SSSR count). The quantitative estimate of drug-likeness (QED) is 0.286. The van der Waals surface area contributed by atoms with Gasteiger partial charge in [-0.15, -0.1) is 0 Å². The third-order valence-electron chi connectivity index (χ3n) is 5.09. The van der Waals surface area contributed by atoms with E-state index >= 15 is 0 Å². The number of fused-ring (bicyclic) bond motifs is 1. The molecule has 0 saturated heterocycles. The molecule has 0 aliphatic rings. The molecule has 0 saturated carbocycles. The van der Waals surface area contributed by atoms with Gasteiger partial charge in [-0.05, 0) is 59.4 Å². The number of rotatable bonds is 8. The van der Waals surface area contributed by atoms with Crippen molar-refractivity contribution in [3.63, 3.8) is 0 Å². The summed E-state index contributed by atoms with van der Waals surface area (Å²) in [5, 5.41) is 7.74. The standard InChI is InChI=1S/C26H26N2O4S/c1-17(19-9-8-18-6-4-5-7-20(18)15-19)14-24(29)28-23-16-21(25(30)27-12-13-33-3)10-11-22(23)26(31)32-2/h4-11,14-16H,12-13H2,1-3H3,(H,27,30)(H,28,29)/b17-14-. The summed E-state index contributed by atoms with van der Waals surface area (Å²) in [6.07, 6.45) is 3.43. The lowest BCUT2D eigenvalue weighted by atomic mass is 10.0. The van der Waals surface area contributed by atoms with Gasteiger partial charge < -0.3 is 15.4 Å². The van der Waals surface area contributed by atoms with Crippen molar-refractivity contribution in [3.05, 3.63) is 83.4 Å². The third-order valence-corrected chi connectivity index (χ3v) is 5.70. The van der Waals surface area contributed by atoms with E-state index in [0.29, 0.717) is 12.1 Å². The van der Waals surface area contributed by atoms with Crippen molar-refractivity contribution in [2.75, 3.05) is 31.0 Å². The Kier molecular flexibility index (Phi) is 8.27. The minimum Gasteiger partial charge on any atom is -0.465 e. The molecule has 2 N–H and O–H groups in total. The first-order valence-electron chi connectivity index (χ1n) is 10.4. The van der Waals surface area contributed by atoms with Gasteiger partial charge in [-0.1, -0.05) is 36.4 Å². The number of allylic oxidation sites excluding steroid dienone is 1. The highest BCUT2D eigenvalue weighted by molar-refractivity contribution is 7.98. The van der Waals surface area contributed by atoms with Crippen LogP contribution in [0.1, 0.15) is 33.2 Å². The molecule has 0 aliphatic carbocycles. The Labute approximate surface area is 197 Å². The monoisotopic (exact) mass is 462 g/mol. The summed E-state index contributed by atoms with van der Waals surface area (Å²) in [5.74, 6) is -0.506. The predicted octanol–water partition coefficient (Wildman–Crippen LogP) is 4.76. The molecule has 0 aromatic heterocycles. The summed E-state index contributed by atoms with van der Waals surface area (Å²) >= 11 is 1.62. The summed E-state index contributed by atoms with van der Waals surface area (Å²) in [4.78, 5) is 37.4. The van der Waals surface area contributed by atoms with Crippen LogP contribution >= 0.6 is 11.8 Å². The van der Waals surface area contributed by atoms with Gasteiger partial charge in [0.1, 0.15) is 0 Å². The highest BCUT2D eigenvalue weighted by Crippen LogP contribution is 2.22. The Bertz CT molecular complexity index is 1220. The maximum Gasteiger partial charge on any atom is 0.339 e. The summed E-state index contributed by atoms with van der Waals surface area (Å²) in [6, 6.07) is 18.5. The number of nitrogens with one attached hydrogen (secondary N) is 2. The smallest absolute Gasteiger partial charge is 0.339 e. The number of methoxy groups -OCH3 is 1. The van der Waals surface area contributed by atoms with E-state index in [-0.39, 0.29) is 17.2 Å². The summed E-state index contributed by atoms with van der Waals surface area (Å²) in [5.41, 5.74) is 2.41. The van der Waals surface area contributed by atoms with Crippen LogP contribution in [0.4, 0.5) is 5.69 Å². The normalized spacial score (nSPS) is 11.2. The maximum absolute atomic E-state index is 12.8. The Morgan fingerprint density at radius 1 is 0.970 bits per heavy atom. The minimum atomic E-state index is -0.602. The van der Waals surface area contributed by atoms with Crippen LogP contribution in [0.3, 0.4) is 0 Å². The first kappa shape index (κ1) is 24.1. The number of carbonyl (C=O) groups excluding carboxylic acids is 3. The lowest BCUT2D eigenvalue weighted by Gasteiger charge is -2.12. The fourth-order valence-electron chi connectivity index (χ4n) is 3.33. The van der Waals surface area contributed by atoms with E-state index in [1.165, 1.54) is 31.4 Å². The largest absolute Gasteiger partial charge is 0.465 e. The number of benzene rings is 3. The Hall–Kier alpha value is -3.58. The molecule has 0 bridgehead atoms. The molecule has 0 radical (unpaired) electrons. The maximum atomic E-state index is 12.8. The fraction of sp³-hybridized carbons (Fsp3) is 0.192. The molecule has 170 valence electrons. The van der Waals surface area contributed by atoms with E-state index in [4.69, 9.17) is 4.74 Å². The van der Waals surface area contributed by atoms with E-state index in [1.807, 2.05) is 55.6 Å². The Morgan fingerprint density at radius 2 is 1.70 bits per heavy atom.